The van der Waals surface area contributed by atoms with E-state index in [1.54, 1.807) is 0 Å². The van der Waals surface area contributed by atoms with Gasteiger partial charge in [0.25, 0.3) is 0 Å². The Hall–Kier alpha value is -2.16. The first kappa shape index (κ1) is 25.1. The molecule has 2 amide bonds. The third kappa shape index (κ3) is 9.25. The normalized spacial score (nSPS) is 17.4. The van der Waals surface area contributed by atoms with E-state index < -0.39 is 6.10 Å². The minimum atomic E-state index is -0.942. The van der Waals surface area contributed by atoms with Gasteiger partial charge >= 0.3 is 0 Å². The smallest absolute Gasteiger partial charge is 0.234 e. The first-order valence-electron chi connectivity index (χ1n) is 11.2. The van der Waals surface area contributed by atoms with Crippen LogP contribution < -0.4 is 15.4 Å². The molecule has 0 saturated heterocycles. The maximum atomic E-state index is 12.3. The van der Waals surface area contributed by atoms with Crippen LogP contribution in [0.25, 0.3) is 0 Å². The molecule has 1 aromatic carbocycles. The molecule has 0 aliphatic carbocycles. The number of aliphatic hydroxyl groups is 2. The Bertz CT molecular complexity index is 710. The molecule has 31 heavy (non-hydrogen) atoms. The zero-order valence-electron chi connectivity index (χ0n) is 18.7. The summed E-state index contributed by atoms with van der Waals surface area (Å²) in [6.45, 7) is 6.05. The second kappa shape index (κ2) is 13.3. The molecule has 1 aromatic rings. The van der Waals surface area contributed by atoms with E-state index in [-0.39, 0.29) is 37.4 Å². The van der Waals surface area contributed by atoms with Gasteiger partial charge in [-0.1, -0.05) is 12.1 Å². The van der Waals surface area contributed by atoms with Gasteiger partial charge < -0.3 is 25.6 Å². The van der Waals surface area contributed by atoms with Crippen LogP contribution in [0.4, 0.5) is 0 Å². The van der Waals surface area contributed by atoms with Crippen LogP contribution in [-0.2, 0) is 22.6 Å². The van der Waals surface area contributed by atoms with Crippen molar-refractivity contribution in [3.63, 3.8) is 0 Å². The summed E-state index contributed by atoms with van der Waals surface area (Å²) in [4.78, 5) is 26.4. The van der Waals surface area contributed by atoms with E-state index in [0.29, 0.717) is 32.7 Å². The van der Waals surface area contributed by atoms with Crippen LogP contribution in [0.15, 0.2) is 18.2 Å². The van der Waals surface area contributed by atoms with Crippen molar-refractivity contribution in [2.75, 3.05) is 32.8 Å². The zero-order chi connectivity index (χ0) is 22.6. The van der Waals surface area contributed by atoms with Gasteiger partial charge in [0.15, 0.2) is 0 Å². The van der Waals surface area contributed by atoms with Gasteiger partial charge in [0.05, 0.1) is 25.9 Å². The summed E-state index contributed by atoms with van der Waals surface area (Å²) in [5.74, 6) is 0.686. The van der Waals surface area contributed by atoms with Crippen molar-refractivity contribution < 1.29 is 24.5 Å². The highest BCUT2D eigenvalue weighted by molar-refractivity contribution is 5.78. The Morgan fingerprint density at radius 2 is 2.06 bits per heavy atom. The topological polar surface area (TPSA) is 111 Å². The van der Waals surface area contributed by atoms with Gasteiger partial charge in [-0.15, -0.1) is 0 Å². The fraction of sp³-hybridized carbons (Fsp3) is 0.652. The lowest BCUT2D eigenvalue weighted by atomic mass is 10.0. The monoisotopic (exact) mass is 435 g/mol. The molecule has 1 atom stereocenters. The number of carbonyl (C=O) groups excluding carboxylic acids is 2. The third-order valence-electron chi connectivity index (χ3n) is 5.36. The maximum Gasteiger partial charge on any atom is 0.234 e. The van der Waals surface area contributed by atoms with Crippen LogP contribution in [0.1, 0.15) is 50.7 Å². The Morgan fingerprint density at radius 3 is 2.81 bits per heavy atom. The van der Waals surface area contributed by atoms with Gasteiger partial charge in [0.2, 0.25) is 11.8 Å². The summed E-state index contributed by atoms with van der Waals surface area (Å²) in [5, 5.41) is 23.8. The molecule has 174 valence electrons. The van der Waals surface area contributed by atoms with E-state index in [1.165, 1.54) is 0 Å². The molecule has 0 bridgehead atoms. The van der Waals surface area contributed by atoms with Crippen molar-refractivity contribution in [3.05, 3.63) is 29.3 Å². The van der Waals surface area contributed by atoms with Crippen molar-refractivity contribution in [1.82, 2.24) is 15.5 Å². The molecular formula is C23H37N3O5. The van der Waals surface area contributed by atoms with Crippen molar-refractivity contribution in [1.29, 1.82) is 0 Å². The number of benzene rings is 1. The lowest BCUT2D eigenvalue weighted by Crippen LogP contribution is -2.40. The molecule has 2 rings (SSSR count). The largest absolute Gasteiger partial charge is 0.493 e. The summed E-state index contributed by atoms with van der Waals surface area (Å²) in [6.07, 6.45) is 2.78. The predicted molar refractivity (Wildman–Crippen MR) is 119 cm³/mol. The molecule has 0 fully saturated rings. The van der Waals surface area contributed by atoms with Gasteiger partial charge in [0.1, 0.15) is 5.75 Å². The number of carbonyl (C=O) groups is 2. The highest BCUT2D eigenvalue weighted by atomic mass is 16.5. The summed E-state index contributed by atoms with van der Waals surface area (Å²) in [6, 6.07) is 6.17. The lowest BCUT2D eigenvalue weighted by Gasteiger charge is -2.27. The summed E-state index contributed by atoms with van der Waals surface area (Å²) < 4.78 is 6.05. The number of ether oxygens (including phenoxy) is 1. The summed E-state index contributed by atoms with van der Waals surface area (Å²) in [7, 11) is 0. The molecule has 4 N–H and O–H groups in total. The van der Waals surface area contributed by atoms with Gasteiger partial charge in [-0.2, -0.15) is 0 Å². The van der Waals surface area contributed by atoms with Crippen LogP contribution >= 0.6 is 0 Å². The Kier molecular flexibility index (Phi) is 10.8. The van der Waals surface area contributed by atoms with E-state index in [4.69, 9.17) is 9.84 Å². The summed E-state index contributed by atoms with van der Waals surface area (Å²) >= 11 is 0. The molecule has 0 spiro atoms. The van der Waals surface area contributed by atoms with Crippen molar-refractivity contribution in [2.24, 2.45) is 0 Å². The second-order valence-corrected chi connectivity index (χ2v) is 8.34. The van der Waals surface area contributed by atoms with Crippen LogP contribution in [0.5, 0.6) is 5.75 Å². The highest BCUT2D eigenvalue weighted by Gasteiger charge is 2.18. The Morgan fingerprint density at radius 1 is 1.26 bits per heavy atom. The Balaban J connectivity index is 2.10. The molecular weight excluding hydrogens is 398 g/mol. The quantitative estimate of drug-likeness (QED) is 0.508. The van der Waals surface area contributed by atoms with Gasteiger partial charge in [-0.25, -0.2) is 0 Å². The van der Waals surface area contributed by atoms with Crippen molar-refractivity contribution in [3.8, 4) is 5.75 Å². The Labute approximate surface area is 185 Å². The SMILES string of the molecule is CC(C)N1CC(=O)NCCCCCOc2ccc(CCC(=O)NCC(O)CO)cc2C1. The maximum absolute atomic E-state index is 12.3. The van der Waals surface area contributed by atoms with E-state index in [0.717, 1.165) is 36.1 Å². The number of nitrogens with zero attached hydrogens (tertiary/aromatic N) is 1. The average Bonchev–Trinajstić information content (AvgIpc) is 2.76. The molecule has 1 heterocycles. The van der Waals surface area contributed by atoms with E-state index in [2.05, 4.69) is 35.4 Å². The van der Waals surface area contributed by atoms with Crippen LogP contribution in [0.2, 0.25) is 0 Å². The van der Waals surface area contributed by atoms with Crippen LogP contribution in [-0.4, -0.2) is 71.9 Å². The standard InChI is InChI=1S/C23H37N3O5/c1-17(2)26-14-19-12-18(7-9-22(29)25-13-20(28)16-27)6-8-21(19)31-11-5-3-4-10-24-23(30)15-26/h6,8,12,17,20,27-28H,3-5,7,9-11,13-16H2,1-2H3,(H,24,30)(H,25,29). The van der Waals surface area contributed by atoms with E-state index >= 15 is 0 Å². The number of aryl methyl sites for hydroxylation is 1. The van der Waals surface area contributed by atoms with Gasteiger partial charge in [0, 0.05) is 37.7 Å². The minimum Gasteiger partial charge on any atom is -0.493 e. The number of rotatable bonds is 7. The third-order valence-corrected chi connectivity index (χ3v) is 5.36. The van der Waals surface area contributed by atoms with Crippen LogP contribution in [0, 0.1) is 0 Å². The fourth-order valence-electron chi connectivity index (χ4n) is 3.39. The van der Waals surface area contributed by atoms with Gasteiger partial charge in [-0.3, -0.25) is 14.5 Å². The van der Waals surface area contributed by atoms with Crippen molar-refractivity contribution >= 4 is 11.8 Å². The van der Waals surface area contributed by atoms with Crippen LogP contribution in [0.3, 0.4) is 0 Å². The number of hydrogen-bond acceptors (Lipinski definition) is 6. The molecule has 1 unspecified atom stereocenters. The minimum absolute atomic E-state index is 0.0355. The zero-order valence-corrected chi connectivity index (χ0v) is 18.7. The molecule has 0 aromatic heterocycles. The number of fused-ring (bicyclic) bond motifs is 1. The lowest BCUT2D eigenvalue weighted by molar-refractivity contribution is -0.123. The number of aliphatic hydroxyl groups excluding tert-OH is 2. The average molecular weight is 436 g/mol. The first-order valence-corrected chi connectivity index (χ1v) is 11.2. The molecule has 1 aliphatic rings. The number of amides is 2. The highest BCUT2D eigenvalue weighted by Crippen LogP contribution is 2.24. The molecule has 0 radical (unpaired) electrons. The number of hydrogen-bond donors (Lipinski definition) is 4. The van der Waals surface area contributed by atoms with E-state index in [9.17, 15) is 14.7 Å². The predicted octanol–water partition coefficient (Wildman–Crippen LogP) is 0.978. The molecule has 8 nitrogen and oxygen atoms in total. The second-order valence-electron chi connectivity index (χ2n) is 8.34. The molecule has 1 aliphatic heterocycles. The fourth-order valence-corrected chi connectivity index (χ4v) is 3.39. The van der Waals surface area contributed by atoms with E-state index in [1.807, 2.05) is 12.1 Å². The summed E-state index contributed by atoms with van der Waals surface area (Å²) in [5.41, 5.74) is 2.02. The molecule has 8 heteroatoms. The molecule has 0 saturated carbocycles. The van der Waals surface area contributed by atoms with Crippen molar-refractivity contribution in [2.45, 2.75) is 64.6 Å². The van der Waals surface area contributed by atoms with Gasteiger partial charge in [-0.05, 0) is 51.2 Å². The number of nitrogens with one attached hydrogen (secondary N) is 2. The first-order chi connectivity index (χ1) is 14.9.